The fraction of sp³-hybridized carbons (Fsp3) is 0.345. The number of nitrogens with zero attached hydrogens (tertiary/aromatic N) is 3. The number of furan rings is 1. The standard InChI is InChI=1S/C29H35N3O5S/c33-29(31(24-28-13-7-19-37-28)23-27-11-5-2-6-12-27)25-32(16-8-15-30-17-20-36-21-18-30)38(34,35)22-14-26-9-3-1-4-10-26/h1-7,9-14,19,22H,8,15-18,20-21,23-25H2. The summed E-state index contributed by atoms with van der Waals surface area (Å²) in [6.45, 7) is 4.35. The van der Waals surface area contributed by atoms with Crippen molar-refractivity contribution in [3.05, 3.63) is 101 Å². The Morgan fingerprint density at radius 2 is 1.63 bits per heavy atom. The van der Waals surface area contributed by atoms with Crippen molar-refractivity contribution in [1.82, 2.24) is 14.1 Å². The largest absolute Gasteiger partial charge is 0.467 e. The second-order valence-corrected chi connectivity index (χ2v) is 11.0. The van der Waals surface area contributed by atoms with Gasteiger partial charge in [-0.15, -0.1) is 0 Å². The number of hydrogen-bond donors (Lipinski definition) is 0. The number of rotatable bonds is 13. The maximum Gasteiger partial charge on any atom is 0.238 e. The molecule has 1 saturated heterocycles. The van der Waals surface area contributed by atoms with Crippen molar-refractivity contribution in [2.45, 2.75) is 19.5 Å². The molecule has 202 valence electrons. The minimum absolute atomic E-state index is 0.241. The predicted molar refractivity (Wildman–Crippen MR) is 147 cm³/mol. The lowest BCUT2D eigenvalue weighted by molar-refractivity contribution is -0.133. The van der Waals surface area contributed by atoms with E-state index in [-0.39, 0.29) is 25.5 Å². The molecule has 0 N–H and O–H groups in total. The van der Waals surface area contributed by atoms with Gasteiger partial charge in [-0.05, 0) is 42.3 Å². The molecule has 1 aliphatic rings. The van der Waals surface area contributed by atoms with Gasteiger partial charge in [-0.3, -0.25) is 9.69 Å². The van der Waals surface area contributed by atoms with Crippen LogP contribution in [0.15, 0.2) is 88.9 Å². The van der Waals surface area contributed by atoms with Crippen LogP contribution in [-0.4, -0.2) is 74.4 Å². The molecule has 2 heterocycles. The van der Waals surface area contributed by atoms with Crippen LogP contribution in [0.5, 0.6) is 0 Å². The zero-order valence-electron chi connectivity index (χ0n) is 21.5. The van der Waals surface area contributed by atoms with Gasteiger partial charge < -0.3 is 14.1 Å². The first-order valence-corrected chi connectivity index (χ1v) is 14.4. The highest BCUT2D eigenvalue weighted by atomic mass is 32.2. The molecule has 2 aromatic carbocycles. The fourth-order valence-electron chi connectivity index (χ4n) is 4.28. The number of hydrogen-bond acceptors (Lipinski definition) is 6. The Kier molecular flexibility index (Phi) is 10.3. The SMILES string of the molecule is O=C(CN(CCCN1CCOCC1)S(=O)(=O)C=Cc1ccccc1)N(Cc1ccccc1)Cc1ccco1. The highest BCUT2D eigenvalue weighted by Crippen LogP contribution is 2.15. The number of carbonyl (C=O) groups excluding carboxylic acids is 1. The number of sulfonamides is 1. The van der Waals surface area contributed by atoms with Crippen molar-refractivity contribution >= 4 is 22.0 Å². The zero-order valence-corrected chi connectivity index (χ0v) is 22.3. The van der Waals surface area contributed by atoms with Crippen LogP contribution in [0.4, 0.5) is 0 Å². The van der Waals surface area contributed by atoms with Gasteiger partial charge in [0.1, 0.15) is 5.76 Å². The summed E-state index contributed by atoms with van der Waals surface area (Å²) in [7, 11) is -3.85. The van der Waals surface area contributed by atoms with Gasteiger partial charge >= 0.3 is 0 Å². The third-order valence-electron chi connectivity index (χ3n) is 6.38. The Morgan fingerprint density at radius 3 is 2.32 bits per heavy atom. The first-order valence-electron chi connectivity index (χ1n) is 12.9. The molecule has 38 heavy (non-hydrogen) atoms. The number of morpholine rings is 1. The Balaban J connectivity index is 1.50. The van der Waals surface area contributed by atoms with Crippen molar-refractivity contribution < 1.29 is 22.4 Å². The second-order valence-electron chi connectivity index (χ2n) is 9.21. The van der Waals surface area contributed by atoms with E-state index in [2.05, 4.69) is 4.90 Å². The fourth-order valence-corrected chi connectivity index (χ4v) is 5.46. The van der Waals surface area contributed by atoms with Crippen molar-refractivity contribution in [2.75, 3.05) is 45.9 Å². The van der Waals surface area contributed by atoms with Crippen molar-refractivity contribution in [2.24, 2.45) is 0 Å². The first-order chi connectivity index (χ1) is 18.5. The first kappa shape index (κ1) is 27.8. The van der Waals surface area contributed by atoms with E-state index in [1.54, 1.807) is 23.3 Å². The normalized spacial score (nSPS) is 14.8. The number of carbonyl (C=O) groups is 1. The van der Waals surface area contributed by atoms with Crippen LogP contribution in [0, 0.1) is 0 Å². The molecule has 3 aromatic rings. The summed E-state index contributed by atoms with van der Waals surface area (Å²) >= 11 is 0. The molecule has 1 fully saturated rings. The predicted octanol–water partition coefficient (Wildman–Crippen LogP) is 3.83. The van der Waals surface area contributed by atoms with Gasteiger partial charge in [0, 0.05) is 31.6 Å². The number of benzene rings is 2. The summed E-state index contributed by atoms with van der Waals surface area (Å²) in [5.74, 6) is 0.355. The molecule has 0 atom stereocenters. The lowest BCUT2D eigenvalue weighted by Gasteiger charge is -2.29. The monoisotopic (exact) mass is 537 g/mol. The van der Waals surface area contributed by atoms with Crippen LogP contribution in [0.2, 0.25) is 0 Å². The van der Waals surface area contributed by atoms with E-state index in [1.165, 1.54) is 9.71 Å². The van der Waals surface area contributed by atoms with Crippen LogP contribution < -0.4 is 0 Å². The number of amides is 1. The minimum Gasteiger partial charge on any atom is -0.467 e. The summed E-state index contributed by atoms with van der Waals surface area (Å²) < 4.78 is 39.1. The van der Waals surface area contributed by atoms with E-state index in [9.17, 15) is 13.2 Å². The highest BCUT2D eigenvalue weighted by Gasteiger charge is 2.26. The van der Waals surface area contributed by atoms with Crippen molar-refractivity contribution in [3.63, 3.8) is 0 Å². The van der Waals surface area contributed by atoms with Crippen LogP contribution in [0.25, 0.3) is 6.08 Å². The molecule has 1 aliphatic heterocycles. The molecule has 4 rings (SSSR count). The summed E-state index contributed by atoms with van der Waals surface area (Å²) in [5.41, 5.74) is 1.73. The molecular weight excluding hydrogens is 502 g/mol. The Labute approximate surface area is 225 Å². The van der Waals surface area contributed by atoms with Gasteiger partial charge in [0.15, 0.2) is 0 Å². The zero-order chi connectivity index (χ0) is 26.6. The van der Waals surface area contributed by atoms with Gasteiger partial charge in [0.25, 0.3) is 0 Å². The average molecular weight is 538 g/mol. The Bertz CT molecular complexity index is 1240. The summed E-state index contributed by atoms with van der Waals surface area (Å²) in [6, 6.07) is 22.5. The van der Waals surface area contributed by atoms with E-state index in [1.807, 2.05) is 66.7 Å². The lowest BCUT2D eigenvalue weighted by Crippen LogP contribution is -2.43. The van der Waals surface area contributed by atoms with Crippen LogP contribution >= 0.6 is 0 Å². The van der Waals surface area contributed by atoms with Crippen LogP contribution in [0.1, 0.15) is 23.3 Å². The summed E-state index contributed by atoms with van der Waals surface area (Å²) in [5, 5.41) is 1.19. The lowest BCUT2D eigenvalue weighted by atomic mass is 10.2. The number of ether oxygens (including phenoxy) is 1. The molecule has 1 aromatic heterocycles. The smallest absolute Gasteiger partial charge is 0.238 e. The van der Waals surface area contributed by atoms with E-state index < -0.39 is 10.0 Å². The molecule has 0 unspecified atom stereocenters. The Morgan fingerprint density at radius 1 is 0.921 bits per heavy atom. The van der Waals surface area contributed by atoms with Gasteiger partial charge in [0.2, 0.25) is 15.9 Å². The maximum atomic E-state index is 13.6. The van der Waals surface area contributed by atoms with E-state index in [0.29, 0.717) is 31.9 Å². The molecule has 8 nitrogen and oxygen atoms in total. The van der Waals surface area contributed by atoms with Crippen LogP contribution in [-0.2, 0) is 32.6 Å². The minimum atomic E-state index is -3.85. The van der Waals surface area contributed by atoms with Crippen molar-refractivity contribution in [1.29, 1.82) is 0 Å². The van der Waals surface area contributed by atoms with E-state index >= 15 is 0 Å². The third kappa shape index (κ3) is 8.66. The molecule has 1 amide bonds. The molecule has 0 spiro atoms. The average Bonchev–Trinajstić information content (AvgIpc) is 3.46. The van der Waals surface area contributed by atoms with Crippen molar-refractivity contribution in [3.8, 4) is 0 Å². The Hall–Kier alpha value is -3.24. The van der Waals surface area contributed by atoms with Gasteiger partial charge in [0.05, 0.1) is 32.6 Å². The maximum absolute atomic E-state index is 13.6. The molecule has 9 heteroatoms. The topological polar surface area (TPSA) is 83.3 Å². The molecule has 0 aliphatic carbocycles. The van der Waals surface area contributed by atoms with Gasteiger partial charge in [-0.2, -0.15) is 4.31 Å². The molecule has 0 saturated carbocycles. The second kappa shape index (κ2) is 14.1. The quantitative estimate of drug-likeness (QED) is 0.330. The van der Waals surface area contributed by atoms with E-state index in [4.69, 9.17) is 9.15 Å². The summed E-state index contributed by atoms with van der Waals surface area (Å²) in [6.07, 6.45) is 3.75. The summed E-state index contributed by atoms with van der Waals surface area (Å²) in [4.78, 5) is 17.5. The third-order valence-corrected chi connectivity index (χ3v) is 7.90. The molecular formula is C29H35N3O5S. The van der Waals surface area contributed by atoms with Gasteiger partial charge in [-0.1, -0.05) is 60.7 Å². The highest BCUT2D eigenvalue weighted by molar-refractivity contribution is 7.92. The van der Waals surface area contributed by atoms with Gasteiger partial charge in [-0.25, -0.2) is 8.42 Å². The van der Waals surface area contributed by atoms with E-state index in [0.717, 1.165) is 30.8 Å². The van der Waals surface area contributed by atoms with Crippen LogP contribution in [0.3, 0.4) is 0 Å². The molecule has 0 bridgehead atoms. The molecule has 0 radical (unpaired) electrons.